The molecule has 1 aromatic heterocycles. The topological polar surface area (TPSA) is 91.2 Å². The number of imidazole rings is 1. The minimum Gasteiger partial charge on any atom is -0.421 e. The van der Waals surface area contributed by atoms with Crippen molar-refractivity contribution in [3.8, 4) is 0 Å². The number of halogens is 19. The van der Waals surface area contributed by atoms with Crippen LogP contribution in [-0.2, 0) is 33.1 Å². The van der Waals surface area contributed by atoms with E-state index in [9.17, 15) is 100 Å². The van der Waals surface area contributed by atoms with E-state index >= 15 is 0 Å². The van der Waals surface area contributed by atoms with Crippen LogP contribution in [0.4, 0.5) is 83.4 Å². The lowest BCUT2D eigenvalue weighted by Crippen LogP contribution is -2.70. The molecular formula is C17H16F19N3O4S2. The van der Waals surface area contributed by atoms with Gasteiger partial charge in [0.2, 0.25) is 11.7 Å². The summed E-state index contributed by atoms with van der Waals surface area (Å²) in [6, 6.07) is 0. The predicted octanol–water partition coefficient (Wildman–Crippen LogP) is 6.97. The molecule has 0 unspecified atom stereocenters. The first-order chi connectivity index (χ1) is 19.5. The van der Waals surface area contributed by atoms with Crippen LogP contribution in [0.5, 0.6) is 0 Å². The summed E-state index contributed by atoms with van der Waals surface area (Å²) in [5.74, 6) is -15.2. The number of sulfonamides is 2. The van der Waals surface area contributed by atoms with E-state index in [0.29, 0.717) is 17.4 Å². The van der Waals surface area contributed by atoms with Crippen molar-refractivity contribution in [1.82, 2.24) is 4.57 Å². The van der Waals surface area contributed by atoms with E-state index in [-0.39, 0.29) is 6.54 Å². The van der Waals surface area contributed by atoms with Crippen LogP contribution < -0.4 is 4.57 Å². The first-order valence-electron chi connectivity index (χ1n) is 10.8. The van der Waals surface area contributed by atoms with Gasteiger partial charge >= 0.3 is 41.4 Å². The molecule has 0 saturated heterocycles. The van der Waals surface area contributed by atoms with Crippen LogP contribution in [-0.4, -0.2) is 62.8 Å². The van der Waals surface area contributed by atoms with Gasteiger partial charge in [-0.15, -0.1) is 0 Å². The second kappa shape index (κ2) is 13.1. The average Bonchev–Trinajstić information content (AvgIpc) is 3.21. The second-order valence-electron chi connectivity index (χ2n) is 8.46. The molecule has 28 heteroatoms. The molecule has 0 atom stereocenters. The van der Waals surface area contributed by atoms with Gasteiger partial charge in [-0.2, -0.15) is 83.4 Å². The van der Waals surface area contributed by atoms with Gasteiger partial charge in [0.15, 0.2) is 20.0 Å². The molecule has 0 saturated carbocycles. The molecule has 0 fully saturated rings. The van der Waals surface area contributed by atoms with Gasteiger partial charge in [-0.05, 0) is 6.42 Å². The van der Waals surface area contributed by atoms with E-state index in [0.717, 1.165) is 16.7 Å². The van der Waals surface area contributed by atoms with Gasteiger partial charge < -0.3 is 4.13 Å². The Bertz CT molecular complexity index is 1280. The van der Waals surface area contributed by atoms with E-state index < -0.39 is 79.8 Å². The largest absolute Gasteiger partial charge is 0.480 e. The van der Waals surface area contributed by atoms with Crippen molar-refractivity contribution >= 4 is 20.0 Å². The van der Waals surface area contributed by atoms with E-state index in [1.54, 1.807) is 6.92 Å². The van der Waals surface area contributed by atoms with E-state index in [1.165, 1.54) is 10.8 Å². The molecule has 1 heterocycles. The molecule has 268 valence electrons. The summed E-state index contributed by atoms with van der Waals surface area (Å²) in [7, 11) is -13.4. The van der Waals surface area contributed by atoms with Crippen molar-refractivity contribution in [3.05, 3.63) is 22.8 Å². The van der Waals surface area contributed by atoms with Gasteiger partial charge in [0.25, 0.3) is 0 Å². The third-order valence-electron chi connectivity index (χ3n) is 5.30. The van der Waals surface area contributed by atoms with Gasteiger partial charge in [0.05, 0.1) is 13.1 Å². The minimum atomic E-state index is -7.61. The lowest BCUT2D eigenvalue weighted by atomic mass is 9.73. The molecule has 45 heavy (non-hydrogen) atoms. The zero-order valence-corrected chi connectivity index (χ0v) is 22.9. The maximum Gasteiger partial charge on any atom is 0.480 e. The van der Waals surface area contributed by atoms with Crippen LogP contribution in [0.15, 0.2) is 18.7 Å². The number of unbranched alkanes of at least 4 members (excludes halogenated alkanes) is 1. The number of hydrogen-bond donors (Lipinski definition) is 0. The molecule has 0 radical (unpaired) electrons. The van der Waals surface area contributed by atoms with Crippen LogP contribution in [0, 0.1) is 5.41 Å². The van der Waals surface area contributed by atoms with Gasteiger partial charge in [-0.3, -0.25) is 0 Å². The molecule has 0 spiro atoms. The Morgan fingerprint density at radius 3 is 1.36 bits per heavy atom. The molecule has 0 aliphatic heterocycles. The second-order valence-corrected chi connectivity index (χ2v) is 11.9. The molecule has 0 aliphatic carbocycles. The van der Waals surface area contributed by atoms with Crippen LogP contribution in [0.1, 0.15) is 26.2 Å². The molecule has 0 N–H and O–H groups in total. The van der Waals surface area contributed by atoms with Crippen molar-refractivity contribution in [1.29, 1.82) is 0 Å². The average molecular weight is 751 g/mol. The highest BCUT2D eigenvalue weighted by Crippen LogP contribution is 2.66. The monoisotopic (exact) mass is 751 g/mol. The number of aryl methyl sites for hydroxylation is 2. The fourth-order valence-electron chi connectivity index (χ4n) is 2.96. The summed E-state index contributed by atoms with van der Waals surface area (Å²) < 4.78 is 282. The summed E-state index contributed by atoms with van der Waals surface area (Å²) in [5.41, 5.74) is -19.1. The number of alkyl halides is 19. The van der Waals surface area contributed by atoms with Crippen LogP contribution in [0.2, 0.25) is 0 Å². The van der Waals surface area contributed by atoms with E-state index in [2.05, 4.69) is 0 Å². The maximum atomic E-state index is 14.0. The van der Waals surface area contributed by atoms with Crippen molar-refractivity contribution in [2.45, 2.75) is 80.7 Å². The Kier molecular flexibility index (Phi) is 12.4. The third kappa shape index (κ3) is 8.97. The van der Waals surface area contributed by atoms with Crippen LogP contribution >= 0.6 is 0 Å². The van der Waals surface area contributed by atoms with Gasteiger partial charge in [0, 0.05) is 6.42 Å². The molecule has 0 amide bonds. The summed E-state index contributed by atoms with van der Waals surface area (Å²) >= 11 is 0. The van der Waals surface area contributed by atoms with Crippen molar-refractivity contribution in [2.24, 2.45) is 5.41 Å². The maximum absolute atomic E-state index is 14.0. The fourth-order valence-corrected chi connectivity index (χ4v) is 4.67. The normalized spacial score (nSPS) is 15.1. The Morgan fingerprint density at radius 1 is 0.644 bits per heavy atom. The highest BCUT2D eigenvalue weighted by molar-refractivity contribution is 8.13. The zero-order chi connectivity index (χ0) is 36.5. The number of hydrogen-bond acceptors (Lipinski definition) is 4. The summed E-state index contributed by atoms with van der Waals surface area (Å²) in [4.78, 5) is 0. The molecule has 1 aromatic rings. The van der Waals surface area contributed by atoms with E-state index in [4.69, 9.17) is 0 Å². The Balaban J connectivity index is 0.00000109. The molecule has 0 aliphatic rings. The third-order valence-corrected chi connectivity index (χ3v) is 8.04. The first-order valence-corrected chi connectivity index (χ1v) is 13.7. The number of nitrogens with zero attached hydrogens (tertiary/aromatic N) is 3. The fraction of sp³-hybridized carbons (Fsp3) is 0.824. The smallest absolute Gasteiger partial charge is 0.421 e. The summed E-state index contributed by atoms with van der Waals surface area (Å²) in [6.45, 7) is 0.471. The predicted molar refractivity (Wildman–Crippen MR) is 108 cm³/mol. The molecule has 0 aromatic carbocycles. The van der Waals surface area contributed by atoms with Crippen LogP contribution in [0.3, 0.4) is 0 Å². The Morgan fingerprint density at radius 2 is 1.04 bits per heavy atom. The zero-order valence-electron chi connectivity index (χ0n) is 21.2. The highest BCUT2D eigenvalue weighted by atomic mass is 32.3. The van der Waals surface area contributed by atoms with Gasteiger partial charge in [-0.1, -0.05) is 13.3 Å². The lowest BCUT2D eigenvalue weighted by Gasteiger charge is -2.45. The highest BCUT2D eigenvalue weighted by Gasteiger charge is 2.91. The number of aromatic nitrogens is 2. The SMILES string of the molecule is CCCC[n+]1ccn(CCC(C(F)(F)F)(C(F)(F)F)C(F)(F)C(F)(F)C(F)(F)F)c1.O=S(=O)([N-]S(=O)(=O)C(F)(F)F)C(F)(F)F. The standard InChI is InChI=1S/C15H16F13N2.C2F6NO4S2/c1-2-3-5-29-7-8-30(9-29)6-4-10(13(20,21)22,14(23,24)25)11(16,17)12(18,19)15(26,27)28;3-1(4,5)14(10,11)9-15(12,13)2(6,7)8/h7-9H,2-6H2,1H3;/q+1;-1. The molecule has 1 rings (SSSR count). The molecular weight excluding hydrogens is 735 g/mol. The van der Waals surface area contributed by atoms with Crippen molar-refractivity contribution in [2.75, 3.05) is 0 Å². The molecule has 0 bridgehead atoms. The van der Waals surface area contributed by atoms with Crippen molar-refractivity contribution in [3.63, 3.8) is 0 Å². The Hall–Kier alpha value is -2.26. The number of rotatable bonds is 10. The first kappa shape index (κ1) is 42.7. The van der Waals surface area contributed by atoms with E-state index in [1.807, 2.05) is 0 Å². The Labute approximate surface area is 239 Å². The van der Waals surface area contributed by atoms with Crippen LogP contribution in [0.25, 0.3) is 4.13 Å². The summed E-state index contributed by atoms with van der Waals surface area (Å²) in [6.07, 6.45) is -20.4. The quantitative estimate of drug-likeness (QED) is 0.191. The lowest BCUT2D eigenvalue weighted by molar-refractivity contribution is -0.696. The van der Waals surface area contributed by atoms with Gasteiger partial charge in [-0.25, -0.2) is 26.0 Å². The molecule has 7 nitrogen and oxygen atoms in total. The summed E-state index contributed by atoms with van der Waals surface area (Å²) in [5, 5.41) is 0. The van der Waals surface area contributed by atoms with Gasteiger partial charge in [0.1, 0.15) is 12.4 Å². The minimum absolute atomic E-state index is 0.259. The van der Waals surface area contributed by atoms with Crippen molar-refractivity contribution < 1.29 is 105 Å².